The molecule has 0 spiro atoms. The predicted octanol–water partition coefficient (Wildman–Crippen LogP) is 7.88. The second-order valence-corrected chi connectivity index (χ2v) is 22.1. The third-order valence-corrected chi connectivity index (χ3v) is 14.2. The first-order valence-electron chi connectivity index (χ1n) is 26.1. The van der Waals surface area contributed by atoms with Gasteiger partial charge in [-0.3, -0.25) is 28.8 Å². The lowest BCUT2D eigenvalue weighted by Gasteiger charge is -2.36. The summed E-state index contributed by atoms with van der Waals surface area (Å²) in [7, 11) is 10.5. The van der Waals surface area contributed by atoms with Gasteiger partial charge in [-0.2, -0.15) is 0 Å². The summed E-state index contributed by atoms with van der Waals surface area (Å²) >= 11 is 12.9. The summed E-state index contributed by atoms with van der Waals surface area (Å²) in [6.07, 6.45) is 1.16. The average Bonchev–Trinajstić information content (AvgIpc) is 3.75. The summed E-state index contributed by atoms with van der Waals surface area (Å²) in [5.74, 6) is -2.65. The molecule has 19 heteroatoms. The van der Waals surface area contributed by atoms with Gasteiger partial charge in [-0.05, 0) is 121 Å². The lowest BCUT2D eigenvalue weighted by Crippen LogP contribution is -2.58. The number of hydrogen-bond acceptors (Lipinski definition) is 11. The molecule has 5 aromatic rings. The van der Waals surface area contributed by atoms with Crippen LogP contribution in [0.25, 0.3) is 11.3 Å². The highest BCUT2D eigenvalue weighted by molar-refractivity contribution is 6.31. The number of nitrogens with one attached hydrogen (secondary N) is 2. The molecule has 78 heavy (non-hydrogen) atoms. The number of likely N-dealkylation sites (N-methyl/N-ethyl adjacent to an activating group) is 2. The lowest BCUT2D eigenvalue weighted by atomic mass is 9.93. The van der Waals surface area contributed by atoms with Gasteiger partial charge in [-0.1, -0.05) is 71.7 Å². The zero-order valence-corrected chi connectivity index (χ0v) is 47.9. The number of rotatable bonds is 16. The Bertz CT molecular complexity index is 2860. The number of carbonyl (C=O) groups excluding carboxylic acids is 6. The van der Waals surface area contributed by atoms with Crippen molar-refractivity contribution in [2.75, 3.05) is 48.5 Å². The molecule has 5 atom stereocenters. The van der Waals surface area contributed by atoms with E-state index < -0.39 is 59.4 Å². The topological polar surface area (TPSA) is 185 Å². The number of imidazole rings is 1. The van der Waals surface area contributed by atoms with Gasteiger partial charge in [0.25, 0.3) is 0 Å². The van der Waals surface area contributed by atoms with Gasteiger partial charge in [0, 0.05) is 87.3 Å². The average molecular weight is 1110 g/mol. The summed E-state index contributed by atoms with van der Waals surface area (Å²) in [5.41, 5.74) is 2.97. The van der Waals surface area contributed by atoms with E-state index in [0.29, 0.717) is 27.9 Å². The fourth-order valence-corrected chi connectivity index (χ4v) is 9.58. The van der Waals surface area contributed by atoms with Crippen molar-refractivity contribution in [2.24, 2.45) is 13.0 Å². The van der Waals surface area contributed by atoms with E-state index in [2.05, 4.69) is 15.6 Å². The first kappa shape index (κ1) is 60.4. The number of nitrogens with zero attached hydrogens (tertiary/aromatic N) is 6. The van der Waals surface area contributed by atoms with Crippen LogP contribution >= 0.6 is 23.2 Å². The fourth-order valence-electron chi connectivity index (χ4n) is 9.29. The van der Waals surface area contributed by atoms with E-state index in [1.165, 1.54) is 21.8 Å². The summed E-state index contributed by atoms with van der Waals surface area (Å²) in [6.45, 7) is 7.16. The van der Waals surface area contributed by atoms with Crippen LogP contribution in [0.2, 0.25) is 10.0 Å². The maximum atomic E-state index is 15.6. The molecule has 1 aliphatic heterocycles. The molecule has 6 rings (SSSR count). The van der Waals surface area contributed by atoms with Crippen LogP contribution in [0, 0.1) is 5.92 Å². The van der Waals surface area contributed by atoms with Crippen molar-refractivity contribution in [2.45, 2.75) is 109 Å². The number of benzene rings is 4. The number of methoxy groups -OCH3 is 1. The molecule has 0 unspecified atom stereocenters. The number of aromatic nitrogens is 2. The molecule has 2 N–H and O–H groups in total. The zero-order valence-electron chi connectivity index (χ0n) is 46.4. The molecule has 418 valence electrons. The molecule has 0 aliphatic carbocycles. The standard InChI is InChI=1S/C59H74Cl2N8O9/c1-38-33-63-53(70)32-46(29-40-16-21-44(60)22-17-40)67(8)58(75)48(37-76-10)64-56(73)49(26-27-55(72)78-59(2,3)4)69(54(71)30-43(57(74)66(38)7)28-39-14-12-11-13-15-39)35-42-18-23-45(61)31-51(42)77-47-24-19-41(20-25-47)50-34-62-52(68(50)9)36-65(5)6/h11-25,31,34,38,43,46,48-49H,26-30,32-33,35-37H2,1-10H3,(H,63,70)(H,64,73)/t38-,43+,46-,48-,49-/m0/s1. The van der Waals surface area contributed by atoms with Crippen molar-refractivity contribution in [1.82, 2.24) is 39.8 Å². The number of amides is 5. The van der Waals surface area contributed by atoms with Crippen molar-refractivity contribution in [1.29, 1.82) is 0 Å². The van der Waals surface area contributed by atoms with Crippen LogP contribution in [0.4, 0.5) is 0 Å². The van der Waals surface area contributed by atoms with Gasteiger partial charge in [-0.15, -0.1) is 0 Å². The maximum absolute atomic E-state index is 15.6. The largest absolute Gasteiger partial charge is 0.460 e. The molecule has 2 heterocycles. The Morgan fingerprint density at radius 2 is 1.49 bits per heavy atom. The van der Waals surface area contributed by atoms with E-state index in [1.807, 2.05) is 104 Å². The molecule has 0 bridgehead atoms. The van der Waals surface area contributed by atoms with Crippen LogP contribution in [0.1, 0.15) is 75.9 Å². The minimum Gasteiger partial charge on any atom is -0.460 e. The van der Waals surface area contributed by atoms with Crippen molar-refractivity contribution in [3.8, 4) is 22.8 Å². The van der Waals surface area contributed by atoms with Gasteiger partial charge < -0.3 is 49.0 Å². The molecule has 1 fully saturated rings. The molecular weight excluding hydrogens is 1040 g/mol. The molecule has 4 aromatic carbocycles. The summed E-state index contributed by atoms with van der Waals surface area (Å²) < 4.78 is 19.9. The Hall–Kier alpha value is -6.79. The lowest BCUT2D eigenvalue weighted by molar-refractivity contribution is -0.156. The number of hydrogen-bond donors (Lipinski definition) is 2. The van der Waals surface area contributed by atoms with Crippen molar-refractivity contribution in [3.05, 3.63) is 136 Å². The first-order chi connectivity index (χ1) is 37.0. The minimum absolute atomic E-state index is 0.0721. The predicted molar refractivity (Wildman–Crippen MR) is 301 cm³/mol. The number of ether oxygens (including phenoxy) is 3. The van der Waals surface area contributed by atoms with Gasteiger partial charge in [0.05, 0.1) is 37.5 Å². The molecule has 1 saturated heterocycles. The molecule has 5 amide bonds. The first-order valence-corrected chi connectivity index (χ1v) is 26.9. The van der Waals surface area contributed by atoms with Crippen LogP contribution in [-0.4, -0.2) is 143 Å². The Kier molecular flexibility index (Phi) is 21.5. The second kappa shape index (κ2) is 27.7. The fraction of sp³-hybridized carbons (Fsp3) is 0.441. The van der Waals surface area contributed by atoms with Crippen molar-refractivity contribution >= 4 is 58.7 Å². The zero-order chi connectivity index (χ0) is 56.8. The van der Waals surface area contributed by atoms with Crippen molar-refractivity contribution < 1.29 is 43.0 Å². The molecule has 0 saturated carbocycles. The Balaban J connectivity index is 1.46. The Morgan fingerprint density at radius 1 is 0.821 bits per heavy atom. The third kappa shape index (κ3) is 17.1. The maximum Gasteiger partial charge on any atom is 0.306 e. The SMILES string of the molecule is COC[C@@H]1NC(=O)[C@H](CCC(=O)OC(C)(C)C)N(Cc2ccc(Cl)cc2Oc2ccc(-c3cnc(CN(C)C)n3C)cc2)C(=O)C[C@@H](Cc2ccccc2)C(=O)N(C)[C@@H](C)CNC(=O)C[C@H](Cc2ccc(Cl)cc2)N(C)C1=O. The summed E-state index contributed by atoms with van der Waals surface area (Å²) in [5, 5.41) is 6.69. The summed E-state index contributed by atoms with van der Waals surface area (Å²) in [4.78, 5) is 99.0. The number of carbonyl (C=O) groups is 6. The Morgan fingerprint density at radius 3 is 2.14 bits per heavy atom. The molecule has 17 nitrogen and oxygen atoms in total. The van der Waals surface area contributed by atoms with Gasteiger partial charge in [-0.25, -0.2) is 4.98 Å². The van der Waals surface area contributed by atoms with E-state index in [-0.39, 0.29) is 75.8 Å². The highest BCUT2D eigenvalue weighted by Crippen LogP contribution is 2.33. The van der Waals surface area contributed by atoms with Crippen LogP contribution in [0.5, 0.6) is 11.5 Å². The van der Waals surface area contributed by atoms with Gasteiger partial charge in [0.15, 0.2) is 0 Å². The minimum atomic E-state index is -1.44. The molecular formula is C59H74Cl2N8O9. The van der Waals surface area contributed by atoms with Crippen molar-refractivity contribution in [3.63, 3.8) is 0 Å². The monoisotopic (exact) mass is 1110 g/mol. The van der Waals surface area contributed by atoms with Gasteiger partial charge >= 0.3 is 5.97 Å². The molecule has 1 aromatic heterocycles. The van der Waals surface area contributed by atoms with E-state index in [1.54, 1.807) is 72.1 Å². The Labute approximate surface area is 468 Å². The van der Waals surface area contributed by atoms with Crippen LogP contribution < -0.4 is 15.4 Å². The summed E-state index contributed by atoms with van der Waals surface area (Å²) in [6, 6.07) is 24.7. The van der Waals surface area contributed by atoms with Gasteiger partial charge in [0.1, 0.15) is 35.0 Å². The highest BCUT2D eigenvalue weighted by atomic mass is 35.5. The number of halogens is 2. The third-order valence-electron chi connectivity index (χ3n) is 13.7. The molecule has 0 radical (unpaired) electrons. The van der Waals surface area contributed by atoms with E-state index in [9.17, 15) is 19.2 Å². The van der Waals surface area contributed by atoms with Crippen LogP contribution in [0.3, 0.4) is 0 Å². The van der Waals surface area contributed by atoms with E-state index in [0.717, 1.165) is 28.2 Å². The molecule has 1 aliphatic rings. The van der Waals surface area contributed by atoms with E-state index in [4.69, 9.17) is 37.4 Å². The van der Waals surface area contributed by atoms with E-state index >= 15 is 9.59 Å². The normalized spacial score (nSPS) is 19.6. The quantitative estimate of drug-likeness (QED) is 0.0917. The van der Waals surface area contributed by atoms with Crippen LogP contribution in [0.15, 0.2) is 103 Å². The number of esters is 1. The van der Waals surface area contributed by atoms with Crippen LogP contribution in [-0.2, 0) is 71.2 Å². The highest BCUT2D eigenvalue weighted by Gasteiger charge is 2.39. The smallest absolute Gasteiger partial charge is 0.306 e. The van der Waals surface area contributed by atoms with Gasteiger partial charge in [0.2, 0.25) is 29.5 Å². The second-order valence-electron chi connectivity index (χ2n) is 21.2.